The predicted molar refractivity (Wildman–Crippen MR) is 112 cm³/mol. The molecule has 0 bridgehead atoms. The predicted octanol–water partition coefficient (Wildman–Crippen LogP) is 4.35. The Balaban J connectivity index is 1.42. The first-order chi connectivity index (χ1) is 15.8. The van der Waals surface area contributed by atoms with Crippen molar-refractivity contribution >= 4 is 5.91 Å². The van der Waals surface area contributed by atoms with Gasteiger partial charge in [0.1, 0.15) is 17.2 Å². The number of aliphatic hydroxyl groups is 1. The molecule has 1 amide bonds. The van der Waals surface area contributed by atoms with Crippen molar-refractivity contribution < 1.29 is 32.5 Å². The number of halogens is 3. The third-order valence-electron chi connectivity index (χ3n) is 6.24. The van der Waals surface area contributed by atoms with Gasteiger partial charge in [-0.05, 0) is 48.5 Å². The zero-order valence-electron chi connectivity index (χ0n) is 17.5. The standard InChI is InChI=1S/C24H21F3N2O4/c25-24(26,27)21-10-9-20-23(33-19-4-2-1-3-18(19)29(20)21)11-13-28(14-12-23)22(31)16-5-7-17(8-6-16)32-15-30/h1-10,30H,11-15H2. The number of amides is 1. The number of likely N-dealkylation sites (tertiary alicyclic amines) is 1. The Bertz CT molecular complexity index is 1180. The van der Waals surface area contributed by atoms with E-state index in [-0.39, 0.29) is 5.91 Å². The molecule has 0 aliphatic carbocycles. The van der Waals surface area contributed by atoms with E-state index < -0.39 is 24.3 Å². The van der Waals surface area contributed by atoms with Gasteiger partial charge in [0.15, 0.2) is 12.4 Å². The fourth-order valence-corrected chi connectivity index (χ4v) is 4.64. The normalized spacial score (nSPS) is 16.7. The molecular formula is C24H21F3N2O4. The number of piperidine rings is 1. The Labute approximate surface area is 187 Å². The lowest BCUT2D eigenvalue weighted by molar-refractivity contribution is -0.143. The smallest absolute Gasteiger partial charge is 0.431 e. The van der Waals surface area contributed by atoms with Crippen LogP contribution in [0.3, 0.4) is 0 Å². The third-order valence-corrected chi connectivity index (χ3v) is 6.24. The molecular weight excluding hydrogens is 437 g/mol. The van der Waals surface area contributed by atoms with Crippen molar-refractivity contribution in [2.45, 2.75) is 24.6 Å². The lowest BCUT2D eigenvalue weighted by Gasteiger charge is -2.45. The molecule has 1 N–H and O–H groups in total. The molecule has 0 saturated carbocycles. The molecule has 172 valence electrons. The average Bonchev–Trinajstić information content (AvgIpc) is 3.27. The summed E-state index contributed by atoms with van der Waals surface area (Å²) in [6, 6.07) is 15.7. The van der Waals surface area contributed by atoms with Gasteiger partial charge in [-0.25, -0.2) is 0 Å². The van der Waals surface area contributed by atoms with E-state index in [0.717, 1.165) is 6.07 Å². The minimum Gasteiger partial charge on any atom is -0.479 e. The summed E-state index contributed by atoms with van der Waals surface area (Å²) in [6.07, 6.45) is -3.79. The number of ether oxygens (including phenoxy) is 2. The lowest BCUT2D eigenvalue weighted by atomic mass is 9.86. The SMILES string of the molecule is O=C(c1ccc(OCO)cc1)N1CCC2(CC1)Oc1ccccc1-n1c(C(F)(F)F)ccc12. The Kier molecular flexibility index (Phi) is 5.08. The van der Waals surface area contributed by atoms with Gasteiger partial charge >= 0.3 is 6.18 Å². The van der Waals surface area contributed by atoms with E-state index in [1.165, 1.54) is 10.6 Å². The molecule has 33 heavy (non-hydrogen) atoms. The van der Waals surface area contributed by atoms with Crippen molar-refractivity contribution in [3.8, 4) is 17.2 Å². The van der Waals surface area contributed by atoms with Gasteiger partial charge in [-0.15, -0.1) is 0 Å². The highest BCUT2D eigenvalue weighted by atomic mass is 19.4. The summed E-state index contributed by atoms with van der Waals surface area (Å²) in [4.78, 5) is 14.6. The maximum absolute atomic E-state index is 13.8. The van der Waals surface area contributed by atoms with Gasteiger partial charge in [0.05, 0.1) is 11.4 Å². The van der Waals surface area contributed by atoms with Crippen molar-refractivity contribution in [1.82, 2.24) is 9.47 Å². The summed E-state index contributed by atoms with van der Waals surface area (Å²) in [6.45, 7) is 0.216. The van der Waals surface area contributed by atoms with Crippen molar-refractivity contribution in [3.05, 3.63) is 77.6 Å². The molecule has 0 radical (unpaired) electrons. The summed E-state index contributed by atoms with van der Waals surface area (Å²) in [5, 5.41) is 8.83. The first kappa shape index (κ1) is 21.4. The number of carbonyl (C=O) groups is 1. The fraction of sp³-hybridized carbons (Fsp3) is 0.292. The summed E-state index contributed by atoms with van der Waals surface area (Å²) in [7, 11) is 0. The highest BCUT2D eigenvalue weighted by Crippen LogP contribution is 2.48. The van der Waals surface area contributed by atoms with Crippen LogP contribution in [0.2, 0.25) is 0 Å². The lowest BCUT2D eigenvalue weighted by Crippen LogP contribution is -2.50. The Morgan fingerprint density at radius 1 is 1.03 bits per heavy atom. The van der Waals surface area contributed by atoms with Crippen molar-refractivity contribution in [2.75, 3.05) is 19.9 Å². The van der Waals surface area contributed by atoms with E-state index in [2.05, 4.69) is 0 Å². The molecule has 3 aromatic rings. The highest BCUT2D eigenvalue weighted by molar-refractivity contribution is 5.94. The number of aliphatic hydroxyl groups excluding tert-OH is 1. The molecule has 9 heteroatoms. The summed E-state index contributed by atoms with van der Waals surface area (Å²) in [5.41, 5.74) is -0.413. The first-order valence-electron chi connectivity index (χ1n) is 10.5. The molecule has 2 aliphatic rings. The minimum absolute atomic E-state index is 0.178. The van der Waals surface area contributed by atoms with Gasteiger partial charge in [-0.3, -0.25) is 4.79 Å². The van der Waals surface area contributed by atoms with Crippen LogP contribution in [0.4, 0.5) is 13.2 Å². The van der Waals surface area contributed by atoms with Crippen LogP contribution in [-0.4, -0.2) is 40.4 Å². The van der Waals surface area contributed by atoms with Crippen LogP contribution in [0.25, 0.3) is 5.69 Å². The summed E-state index contributed by atoms with van der Waals surface area (Å²) in [5.74, 6) is 0.663. The molecule has 1 aromatic heterocycles. The van der Waals surface area contributed by atoms with E-state index in [1.807, 2.05) is 0 Å². The Morgan fingerprint density at radius 2 is 1.73 bits per heavy atom. The second-order valence-corrected chi connectivity index (χ2v) is 8.09. The van der Waals surface area contributed by atoms with Crippen LogP contribution in [0, 0.1) is 0 Å². The molecule has 1 saturated heterocycles. The number of fused-ring (bicyclic) bond motifs is 4. The van der Waals surface area contributed by atoms with Gasteiger partial charge in [-0.2, -0.15) is 13.2 Å². The van der Waals surface area contributed by atoms with Gasteiger partial charge in [0, 0.05) is 31.5 Å². The molecule has 2 aromatic carbocycles. The summed E-state index contributed by atoms with van der Waals surface area (Å²) >= 11 is 0. The first-order valence-corrected chi connectivity index (χ1v) is 10.5. The van der Waals surface area contributed by atoms with Gasteiger partial charge in [-0.1, -0.05) is 12.1 Å². The maximum Gasteiger partial charge on any atom is 0.431 e. The molecule has 1 fully saturated rings. The van der Waals surface area contributed by atoms with Crippen molar-refractivity contribution in [1.29, 1.82) is 0 Å². The molecule has 6 nitrogen and oxygen atoms in total. The van der Waals surface area contributed by atoms with E-state index in [4.69, 9.17) is 14.6 Å². The number of carbonyl (C=O) groups excluding carboxylic acids is 1. The minimum atomic E-state index is -4.51. The molecule has 1 spiro atoms. The number of nitrogens with zero attached hydrogens (tertiary/aromatic N) is 2. The van der Waals surface area contributed by atoms with Crippen LogP contribution >= 0.6 is 0 Å². The largest absolute Gasteiger partial charge is 0.479 e. The van der Waals surface area contributed by atoms with Crippen molar-refractivity contribution in [2.24, 2.45) is 0 Å². The van der Waals surface area contributed by atoms with Crippen LogP contribution < -0.4 is 9.47 Å². The Morgan fingerprint density at radius 3 is 2.39 bits per heavy atom. The van der Waals surface area contributed by atoms with Crippen LogP contribution in [0.5, 0.6) is 11.5 Å². The molecule has 5 rings (SSSR count). The number of aromatic nitrogens is 1. The van der Waals surface area contributed by atoms with E-state index in [0.29, 0.717) is 54.4 Å². The van der Waals surface area contributed by atoms with Crippen LogP contribution in [0.1, 0.15) is 34.6 Å². The van der Waals surface area contributed by atoms with E-state index in [1.54, 1.807) is 53.4 Å². The van der Waals surface area contributed by atoms with Gasteiger partial charge < -0.3 is 24.0 Å². The molecule has 3 heterocycles. The van der Waals surface area contributed by atoms with Crippen molar-refractivity contribution in [3.63, 3.8) is 0 Å². The van der Waals surface area contributed by atoms with Gasteiger partial charge in [0.2, 0.25) is 0 Å². The second kappa shape index (κ2) is 7.84. The number of benzene rings is 2. The number of hydrogen-bond donors (Lipinski definition) is 1. The summed E-state index contributed by atoms with van der Waals surface area (Å²) < 4.78 is 53.8. The number of para-hydroxylation sites is 2. The third kappa shape index (κ3) is 3.62. The topological polar surface area (TPSA) is 63.9 Å². The zero-order valence-corrected chi connectivity index (χ0v) is 17.5. The number of hydrogen-bond acceptors (Lipinski definition) is 4. The Hall–Kier alpha value is -3.46. The fourth-order valence-electron chi connectivity index (χ4n) is 4.64. The molecule has 0 unspecified atom stereocenters. The van der Waals surface area contributed by atoms with E-state index >= 15 is 0 Å². The van der Waals surface area contributed by atoms with Crippen LogP contribution in [0.15, 0.2) is 60.7 Å². The van der Waals surface area contributed by atoms with Crippen LogP contribution in [-0.2, 0) is 11.8 Å². The van der Waals surface area contributed by atoms with Gasteiger partial charge in [0.25, 0.3) is 5.91 Å². The molecule has 2 aliphatic heterocycles. The molecule has 0 atom stereocenters. The highest BCUT2D eigenvalue weighted by Gasteiger charge is 2.48. The second-order valence-electron chi connectivity index (χ2n) is 8.09. The maximum atomic E-state index is 13.8. The monoisotopic (exact) mass is 458 g/mol. The average molecular weight is 458 g/mol. The zero-order chi connectivity index (χ0) is 23.2. The quantitative estimate of drug-likeness (QED) is 0.593. The van der Waals surface area contributed by atoms with E-state index in [9.17, 15) is 18.0 Å². The number of rotatable bonds is 3. The number of alkyl halides is 3.